The molecule has 5 nitrogen and oxygen atoms in total. The topological polar surface area (TPSA) is 62.5 Å². The van der Waals surface area contributed by atoms with Gasteiger partial charge in [0, 0.05) is 35.3 Å². The molecule has 0 spiro atoms. The van der Waals surface area contributed by atoms with Crippen LogP contribution in [0.3, 0.4) is 0 Å². The number of nitrogens with zero attached hydrogens (tertiary/aromatic N) is 2. The van der Waals surface area contributed by atoms with Crippen LogP contribution in [0.2, 0.25) is 0 Å². The zero-order valence-corrected chi connectivity index (χ0v) is 16.3. The van der Waals surface area contributed by atoms with E-state index in [1.807, 2.05) is 11.3 Å². The van der Waals surface area contributed by atoms with Gasteiger partial charge in [-0.25, -0.2) is 9.37 Å². The lowest BCUT2D eigenvalue weighted by atomic mass is 10.2. The van der Waals surface area contributed by atoms with Gasteiger partial charge in [0.2, 0.25) is 5.89 Å². The minimum absolute atomic E-state index is 0.276. The molecule has 0 amide bonds. The largest absolute Gasteiger partial charge is 0.444 e. The first-order valence-electron chi connectivity index (χ1n) is 8.90. The summed E-state index contributed by atoms with van der Waals surface area (Å²) in [5, 5.41) is 6.59. The van der Waals surface area contributed by atoms with Crippen LogP contribution in [0.5, 0.6) is 0 Å². The summed E-state index contributed by atoms with van der Waals surface area (Å²) in [6, 6.07) is 10.4. The minimum atomic E-state index is -0.276. The Bertz CT molecular complexity index is 886. The molecule has 2 heterocycles. The van der Waals surface area contributed by atoms with Crippen LogP contribution >= 0.6 is 11.3 Å². The molecule has 3 rings (SSSR count). The zero-order chi connectivity index (χ0) is 19.1. The highest BCUT2D eigenvalue weighted by Crippen LogP contribution is 2.19. The second-order valence-corrected chi connectivity index (χ2v) is 7.23. The van der Waals surface area contributed by atoms with Gasteiger partial charge in [0.1, 0.15) is 12.1 Å². The highest BCUT2D eigenvalue weighted by molar-refractivity contribution is 7.11. The lowest BCUT2D eigenvalue weighted by Gasteiger charge is -2.10. The minimum Gasteiger partial charge on any atom is -0.444 e. The first-order chi connectivity index (χ1) is 13.2. The van der Waals surface area contributed by atoms with E-state index < -0.39 is 0 Å². The number of oxazole rings is 1. The van der Waals surface area contributed by atoms with Crippen molar-refractivity contribution in [2.45, 2.75) is 26.3 Å². The van der Waals surface area contributed by atoms with Crippen LogP contribution in [0.15, 0.2) is 52.1 Å². The van der Waals surface area contributed by atoms with E-state index in [0.29, 0.717) is 18.9 Å². The Morgan fingerprint density at radius 3 is 2.63 bits per heavy atom. The molecule has 142 valence electrons. The Kier molecular flexibility index (Phi) is 6.59. The van der Waals surface area contributed by atoms with Gasteiger partial charge in [0.25, 0.3) is 0 Å². The highest BCUT2D eigenvalue weighted by atomic mass is 32.1. The lowest BCUT2D eigenvalue weighted by Crippen LogP contribution is -2.37. The number of aliphatic imine (C=N–C) groups is 1. The van der Waals surface area contributed by atoms with Gasteiger partial charge in [-0.1, -0.05) is 6.92 Å². The van der Waals surface area contributed by atoms with E-state index in [4.69, 9.17) is 4.42 Å². The SMILES string of the molecule is CCc1ccc(CNC(=NC)NCCc2coc(-c3ccc(F)cc3)n2)s1. The predicted octanol–water partition coefficient (Wildman–Crippen LogP) is 4.01. The summed E-state index contributed by atoms with van der Waals surface area (Å²) in [5.41, 5.74) is 1.60. The summed E-state index contributed by atoms with van der Waals surface area (Å²) in [4.78, 5) is 11.4. The monoisotopic (exact) mass is 386 g/mol. The Morgan fingerprint density at radius 2 is 1.93 bits per heavy atom. The van der Waals surface area contributed by atoms with Crippen LogP contribution in [-0.4, -0.2) is 24.5 Å². The van der Waals surface area contributed by atoms with E-state index in [2.05, 4.69) is 39.7 Å². The number of hydrogen-bond donors (Lipinski definition) is 2. The van der Waals surface area contributed by atoms with Gasteiger partial charge in [0.05, 0.1) is 12.2 Å². The van der Waals surface area contributed by atoms with E-state index >= 15 is 0 Å². The molecular weight excluding hydrogens is 363 g/mol. The number of benzene rings is 1. The van der Waals surface area contributed by atoms with Crippen molar-refractivity contribution < 1.29 is 8.81 Å². The van der Waals surface area contributed by atoms with Crippen LogP contribution < -0.4 is 10.6 Å². The zero-order valence-electron chi connectivity index (χ0n) is 15.5. The van der Waals surface area contributed by atoms with Gasteiger partial charge in [-0.15, -0.1) is 11.3 Å². The van der Waals surface area contributed by atoms with Crippen molar-refractivity contribution in [3.63, 3.8) is 0 Å². The lowest BCUT2D eigenvalue weighted by molar-refractivity contribution is 0.571. The van der Waals surface area contributed by atoms with Crippen LogP contribution in [0.25, 0.3) is 11.5 Å². The Hall–Kier alpha value is -2.67. The van der Waals surface area contributed by atoms with Crippen molar-refractivity contribution >= 4 is 17.3 Å². The molecule has 0 aliphatic heterocycles. The van der Waals surface area contributed by atoms with Crippen molar-refractivity contribution in [1.82, 2.24) is 15.6 Å². The fourth-order valence-electron chi connectivity index (χ4n) is 2.55. The summed E-state index contributed by atoms with van der Waals surface area (Å²) in [6.07, 6.45) is 3.40. The quantitative estimate of drug-likeness (QED) is 0.476. The maximum absolute atomic E-state index is 13.0. The molecule has 0 saturated heterocycles. The van der Waals surface area contributed by atoms with Crippen molar-refractivity contribution in [3.8, 4) is 11.5 Å². The third-order valence-corrected chi connectivity index (χ3v) is 5.27. The third kappa shape index (κ3) is 5.40. The molecule has 0 fully saturated rings. The number of aromatic nitrogens is 1. The van der Waals surface area contributed by atoms with Crippen molar-refractivity contribution in [3.05, 3.63) is 63.9 Å². The van der Waals surface area contributed by atoms with Crippen LogP contribution in [0.1, 0.15) is 22.4 Å². The molecule has 27 heavy (non-hydrogen) atoms. The Balaban J connectivity index is 1.46. The molecule has 0 radical (unpaired) electrons. The molecule has 1 aromatic carbocycles. The van der Waals surface area contributed by atoms with E-state index in [1.165, 1.54) is 21.9 Å². The summed E-state index contributed by atoms with van der Waals surface area (Å²) in [6.45, 7) is 3.59. The smallest absolute Gasteiger partial charge is 0.226 e. The van der Waals surface area contributed by atoms with Gasteiger partial charge >= 0.3 is 0 Å². The second kappa shape index (κ2) is 9.32. The Morgan fingerprint density at radius 1 is 1.15 bits per heavy atom. The van der Waals surface area contributed by atoms with Crippen LogP contribution in [0.4, 0.5) is 4.39 Å². The number of halogens is 1. The van der Waals surface area contributed by atoms with Crippen molar-refractivity contribution in [1.29, 1.82) is 0 Å². The van der Waals surface area contributed by atoms with Gasteiger partial charge in [-0.05, 0) is 42.8 Å². The van der Waals surface area contributed by atoms with E-state index in [-0.39, 0.29) is 5.82 Å². The standard InChI is InChI=1S/C20H23FN4OS/c1-3-17-8-9-18(27-17)12-24-20(22-2)23-11-10-16-13-26-19(25-16)14-4-6-15(21)7-5-14/h4-9,13H,3,10-12H2,1-2H3,(H2,22,23,24). The highest BCUT2D eigenvalue weighted by Gasteiger charge is 2.07. The van der Waals surface area contributed by atoms with Crippen molar-refractivity contribution in [2.75, 3.05) is 13.6 Å². The molecule has 0 aliphatic carbocycles. The number of hydrogen-bond acceptors (Lipinski definition) is 4. The van der Waals surface area contributed by atoms with Crippen LogP contribution in [0, 0.1) is 5.82 Å². The molecule has 0 atom stereocenters. The van der Waals surface area contributed by atoms with Gasteiger partial charge in [-0.3, -0.25) is 4.99 Å². The normalized spacial score (nSPS) is 11.6. The maximum atomic E-state index is 13.0. The van der Waals surface area contributed by atoms with Crippen molar-refractivity contribution in [2.24, 2.45) is 4.99 Å². The summed E-state index contributed by atoms with van der Waals surface area (Å²) >= 11 is 1.82. The number of rotatable bonds is 7. The molecule has 3 aromatic rings. The predicted molar refractivity (Wildman–Crippen MR) is 107 cm³/mol. The average molecular weight is 386 g/mol. The third-order valence-electron chi connectivity index (χ3n) is 4.04. The molecule has 0 bridgehead atoms. The second-order valence-electron chi connectivity index (χ2n) is 5.98. The van der Waals surface area contributed by atoms with Gasteiger partial charge < -0.3 is 15.1 Å². The average Bonchev–Trinajstić information content (AvgIpc) is 3.34. The first-order valence-corrected chi connectivity index (χ1v) is 9.72. The van der Waals surface area contributed by atoms with E-state index in [1.54, 1.807) is 25.4 Å². The fourth-order valence-corrected chi connectivity index (χ4v) is 3.45. The fraction of sp³-hybridized carbons (Fsp3) is 0.300. The first kappa shape index (κ1) is 19.1. The van der Waals surface area contributed by atoms with E-state index in [9.17, 15) is 4.39 Å². The van der Waals surface area contributed by atoms with E-state index in [0.717, 1.165) is 30.2 Å². The molecule has 2 N–H and O–H groups in total. The number of nitrogens with one attached hydrogen (secondary N) is 2. The molecular formula is C20H23FN4OS. The molecule has 0 unspecified atom stereocenters. The number of guanidine groups is 1. The maximum Gasteiger partial charge on any atom is 0.226 e. The molecule has 0 aliphatic rings. The van der Waals surface area contributed by atoms with Crippen LogP contribution in [-0.2, 0) is 19.4 Å². The molecule has 0 saturated carbocycles. The molecule has 2 aromatic heterocycles. The van der Waals surface area contributed by atoms with Gasteiger partial charge in [-0.2, -0.15) is 0 Å². The Labute approximate surface area is 162 Å². The number of thiophene rings is 1. The summed E-state index contributed by atoms with van der Waals surface area (Å²) in [5.74, 6) is 0.975. The summed E-state index contributed by atoms with van der Waals surface area (Å²) < 4.78 is 18.5. The number of aryl methyl sites for hydroxylation is 1. The molecule has 7 heteroatoms. The van der Waals surface area contributed by atoms with Gasteiger partial charge in [0.15, 0.2) is 5.96 Å². The summed E-state index contributed by atoms with van der Waals surface area (Å²) in [7, 11) is 1.75.